The topological polar surface area (TPSA) is 17.1 Å². The van der Waals surface area contributed by atoms with Gasteiger partial charge in [0, 0.05) is 10.5 Å². The van der Waals surface area contributed by atoms with Crippen LogP contribution in [0.4, 0.5) is 0 Å². The number of rotatable bonds is 2. The number of thiol groups is 2. The number of hydrogen-bond acceptors (Lipinski definition) is 3. The highest BCUT2D eigenvalue weighted by Crippen LogP contribution is 2.19. The van der Waals surface area contributed by atoms with E-state index >= 15 is 0 Å². The molecule has 0 aliphatic rings. The van der Waals surface area contributed by atoms with Gasteiger partial charge in [0.2, 0.25) is 0 Å². The number of ketones is 1. The van der Waals surface area contributed by atoms with Crippen LogP contribution >= 0.6 is 25.3 Å². The lowest BCUT2D eigenvalue weighted by Gasteiger charge is -2.00. The molecule has 0 radical (unpaired) electrons. The number of Topliss-reactive ketones (excluding diaryl/α,β-unsaturated/α-hetero) is 1. The Morgan fingerprint density at radius 3 is 2.08 bits per heavy atom. The highest BCUT2D eigenvalue weighted by atomic mass is 32.1. The van der Waals surface area contributed by atoms with Crippen LogP contribution in [0.3, 0.4) is 0 Å². The average Bonchev–Trinajstić information content (AvgIpc) is 2.17. The molecule has 0 heterocycles. The smallest absolute Gasteiger partial charge is 0.159 e. The Morgan fingerprint density at radius 2 is 1.69 bits per heavy atom. The van der Waals surface area contributed by atoms with Gasteiger partial charge < -0.3 is 0 Å². The molecule has 0 amide bonds. The zero-order valence-electron chi connectivity index (χ0n) is 7.19. The maximum Gasteiger partial charge on any atom is 0.159 e. The maximum atomic E-state index is 10.9. The molecule has 1 aromatic carbocycles. The predicted molar refractivity (Wildman–Crippen MR) is 62.4 cm³/mol. The first-order valence-corrected chi connectivity index (χ1v) is 4.76. The summed E-state index contributed by atoms with van der Waals surface area (Å²) in [4.78, 5) is 11.7. The fourth-order valence-corrected chi connectivity index (χ4v) is 1.25. The van der Waals surface area contributed by atoms with Gasteiger partial charge in [0.15, 0.2) is 5.78 Å². The van der Waals surface area contributed by atoms with Gasteiger partial charge in [-0.3, -0.25) is 4.79 Å². The van der Waals surface area contributed by atoms with E-state index in [4.69, 9.17) is 0 Å². The monoisotopic (exact) mass is 210 g/mol. The van der Waals surface area contributed by atoms with Crippen LogP contribution < -0.4 is 0 Å². The van der Waals surface area contributed by atoms with Crippen molar-refractivity contribution < 1.29 is 4.79 Å². The molecular weight excluding hydrogens is 200 g/mol. The first-order valence-electron chi connectivity index (χ1n) is 3.80. The minimum absolute atomic E-state index is 0.0714. The molecule has 0 unspecified atom stereocenters. The Kier molecular flexibility index (Phi) is 3.63. The molecule has 0 aliphatic heterocycles. The van der Waals surface area contributed by atoms with Gasteiger partial charge in [0.25, 0.3) is 0 Å². The normalized spacial score (nSPS) is 11.5. The Balaban J connectivity index is 3.00. The van der Waals surface area contributed by atoms with Crippen molar-refractivity contribution in [2.24, 2.45) is 0 Å². The fourth-order valence-electron chi connectivity index (χ4n) is 0.950. The summed E-state index contributed by atoms with van der Waals surface area (Å²) in [5, 5.41) is 1.62. The van der Waals surface area contributed by atoms with Crippen LogP contribution in [0.15, 0.2) is 29.7 Å². The standard InChI is InChI=1S/C10H10OS2/c1-7(11)8-2-4-9(5-3-8)10(13)6-12/h2-6,12-13H,1H3/b10-6-. The summed E-state index contributed by atoms with van der Waals surface area (Å²) in [5.74, 6) is 0.0714. The first kappa shape index (κ1) is 10.4. The van der Waals surface area contributed by atoms with Gasteiger partial charge in [0.05, 0.1) is 0 Å². The third-order valence-electron chi connectivity index (χ3n) is 1.71. The zero-order chi connectivity index (χ0) is 9.84. The lowest BCUT2D eigenvalue weighted by Crippen LogP contribution is -1.90. The van der Waals surface area contributed by atoms with Crippen LogP contribution in [-0.2, 0) is 0 Å². The second kappa shape index (κ2) is 4.53. The number of carbonyl (C=O) groups excluding carboxylic acids is 1. The number of benzene rings is 1. The van der Waals surface area contributed by atoms with Crippen LogP contribution in [0.1, 0.15) is 22.8 Å². The van der Waals surface area contributed by atoms with Gasteiger partial charge in [-0.05, 0) is 17.9 Å². The minimum Gasteiger partial charge on any atom is -0.295 e. The molecule has 68 valence electrons. The van der Waals surface area contributed by atoms with E-state index in [2.05, 4.69) is 25.3 Å². The molecule has 0 atom stereocenters. The molecule has 0 spiro atoms. The summed E-state index contributed by atoms with van der Waals surface area (Å²) in [6.45, 7) is 1.55. The van der Waals surface area contributed by atoms with Crippen molar-refractivity contribution >= 4 is 35.9 Å². The van der Waals surface area contributed by atoms with Crippen molar-refractivity contribution in [1.29, 1.82) is 0 Å². The molecule has 0 saturated carbocycles. The number of hydrogen-bond donors (Lipinski definition) is 2. The van der Waals surface area contributed by atoms with E-state index in [0.29, 0.717) is 5.56 Å². The second-order valence-corrected chi connectivity index (χ2v) is 3.39. The van der Waals surface area contributed by atoms with Crippen LogP contribution in [0.5, 0.6) is 0 Å². The Labute approximate surface area is 88.7 Å². The average molecular weight is 210 g/mol. The fraction of sp³-hybridized carbons (Fsp3) is 0.100. The van der Waals surface area contributed by atoms with Gasteiger partial charge in [-0.1, -0.05) is 24.3 Å². The highest BCUT2D eigenvalue weighted by Gasteiger charge is 1.99. The van der Waals surface area contributed by atoms with Crippen molar-refractivity contribution in [3.05, 3.63) is 40.8 Å². The summed E-state index contributed by atoms with van der Waals surface area (Å²) < 4.78 is 0. The molecule has 0 saturated heterocycles. The molecule has 0 aromatic heterocycles. The molecule has 13 heavy (non-hydrogen) atoms. The molecule has 1 aromatic rings. The highest BCUT2D eigenvalue weighted by molar-refractivity contribution is 7.92. The molecule has 0 aliphatic carbocycles. The summed E-state index contributed by atoms with van der Waals surface area (Å²) in [5.41, 5.74) is 1.67. The third kappa shape index (κ3) is 2.64. The molecule has 1 rings (SSSR count). The Morgan fingerprint density at radius 1 is 1.23 bits per heavy atom. The molecule has 0 fully saturated rings. The summed E-state index contributed by atoms with van der Waals surface area (Å²) in [7, 11) is 0. The van der Waals surface area contributed by atoms with Crippen molar-refractivity contribution in [3.63, 3.8) is 0 Å². The van der Waals surface area contributed by atoms with E-state index in [9.17, 15) is 4.79 Å². The Hall–Kier alpha value is -0.670. The second-order valence-electron chi connectivity index (χ2n) is 2.65. The number of carbonyl (C=O) groups is 1. The lowest BCUT2D eigenvalue weighted by molar-refractivity contribution is 0.101. The van der Waals surface area contributed by atoms with E-state index < -0.39 is 0 Å². The van der Waals surface area contributed by atoms with E-state index in [0.717, 1.165) is 10.5 Å². The van der Waals surface area contributed by atoms with Crippen molar-refractivity contribution in [3.8, 4) is 0 Å². The van der Waals surface area contributed by atoms with E-state index in [-0.39, 0.29) is 5.78 Å². The van der Waals surface area contributed by atoms with Gasteiger partial charge in [-0.2, -0.15) is 12.6 Å². The van der Waals surface area contributed by atoms with Crippen LogP contribution in [0.2, 0.25) is 0 Å². The van der Waals surface area contributed by atoms with Crippen molar-refractivity contribution in [2.45, 2.75) is 6.92 Å². The summed E-state index contributed by atoms with van der Waals surface area (Å²) in [6, 6.07) is 7.27. The van der Waals surface area contributed by atoms with Gasteiger partial charge in [-0.15, -0.1) is 12.6 Å². The van der Waals surface area contributed by atoms with E-state index in [1.807, 2.05) is 12.1 Å². The molecule has 1 nitrogen and oxygen atoms in total. The maximum absolute atomic E-state index is 10.9. The van der Waals surface area contributed by atoms with Crippen molar-refractivity contribution in [2.75, 3.05) is 0 Å². The van der Waals surface area contributed by atoms with Gasteiger partial charge >= 0.3 is 0 Å². The molecule has 0 N–H and O–H groups in total. The molecule has 0 bridgehead atoms. The molecule has 3 heteroatoms. The first-order chi connectivity index (χ1) is 6.15. The van der Waals surface area contributed by atoms with Crippen LogP contribution in [0, 0.1) is 0 Å². The predicted octanol–water partition coefficient (Wildman–Crippen LogP) is 3.05. The quantitative estimate of drug-likeness (QED) is 0.567. The minimum atomic E-state index is 0.0714. The van der Waals surface area contributed by atoms with Crippen LogP contribution in [-0.4, -0.2) is 5.78 Å². The molecular formula is C10H10OS2. The van der Waals surface area contributed by atoms with Gasteiger partial charge in [0.1, 0.15) is 0 Å². The van der Waals surface area contributed by atoms with E-state index in [1.165, 1.54) is 0 Å². The summed E-state index contributed by atoms with van der Waals surface area (Å²) in [6.07, 6.45) is 0. The van der Waals surface area contributed by atoms with Crippen LogP contribution in [0.25, 0.3) is 4.91 Å². The van der Waals surface area contributed by atoms with Gasteiger partial charge in [-0.25, -0.2) is 0 Å². The lowest BCUT2D eigenvalue weighted by atomic mass is 10.1. The SMILES string of the molecule is CC(=O)c1ccc(/C(S)=C/S)cc1. The summed E-state index contributed by atoms with van der Waals surface area (Å²) >= 11 is 8.19. The third-order valence-corrected chi connectivity index (χ3v) is 2.56. The van der Waals surface area contributed by atoms with E-state index in [1.54, 1.807) is 24.5 Å². The Bertz CT molecular complexity index is 338. The zero-order valence-corrected chi connectivity index (χ0v) is 8.98. The largest absolute Gasteiger partial charge is 0.295 e. The van der Waals surface area contributed by atoms with Crippen molar-refractivity contribution in [1.82, 2.24) is 0 Å².